The number of carbonyl (C=O) groups excluding carboxylic acids is 2. The van der Waals surface area contributed by atoms with Crippen LogP contribution >= 0.6 is 11.3 Å². The van der Waals surface area contributed by atoms with E-state index in [1.807, 2.05) is 0 Å². The van der Waals surface area contributed by atoms with Gasteiger partial charge < -0.3 is 15.2 Å². The van der Waals surface area contributed by atoms with E-state index in [0.717, 1.165) is 13.2 Å². The van der Waals surface area contributed by atoms with Gasteiger partial charge in [-0.25, -0.2) is 4.79 Å². The first-order valence-corrected chi connectivity index (χ1v) is 6.01. The van der Waals surface area contributed by atoms with E-state index in [9.17, 15) is 24.5 Å². The third-order valence-corrected chi connectivity index (χ3v) is 3.23. The van der Waals surface area contributed by atoms with Gasteiger partial charge in [-0.1, -0.05) is 11.3 Å². The van der Waals surface area contributed by atoms with E-state index in [1.54, 1.807) is 0 Å². The smallest absolute Gasteiger partial charge is 0.326 e. The van der Waals surface area contributed by atoms with Crippen LogP contribution in [0.4, 0.5) is 5.00 Å². The van der Waals surface area contributed by atoms with Crippen LogP contribution < -0.4 is 5.32 Å². The molecule has 1 heterocycles. The average molecular weight is 302 g/mol. The Morgan fingerprint density at radius 3 is 2.60 bits per heavy atom. The van der Waals surface area contributed by atoms with Crippen LogP contribution in [0, 0.1) is 10.1 Å². The third-order valence-electron chi connectivity index (χ3n) is 2.20. The number of hydrogen-bond donors (Lipinski definition) is 2. The summed E-state index contributed by atoms with van der Waals surface area (Å²) in [6.07, 6.45) is -0.537. The normalized spacial score (nSPS) is 11.4. The second kappa shape index (κ2) is 6.61. The number of nitrogens with zero attached hydrogens (tertiary/aromatic N) is 1. The van der Waals surface area contributed by atoms with Crippen LogP contribution in [0.25, 0.3) is 0 Å². The van der Waals surface area contributed by atoms with Crippen LogP contribution in [0.1, 0.15) is 16.1 Å². The van der Waals surface area contributed by atoms with Crippen molar-refractivity contribution >= 4 is 34.2 Å². The lowest BCUT2D eigenvalue weighted by atomic mass is 10.2. The molecule has 0 aromatic carbocycles. The lowest BCUT2D eigenvalue weighted by Gasteiger charge is -2.12. The van der Waals surface area contributed by atoms with Gasteiger partial charge in [0.15, 0.2) is 0 Å². The fraction of sp³-hybridized carbons (Fsp3) is 0.300. The van der Waals surface area contributed by atoms with Crippen molar-refractivity contribution in [3.63, 3.8) is 0 Å². The minimum atomic E-state index is -1.46. The number of thiophene rings is 1. The van der Waals surface area contributed by atoms with Crippen molar-refractivity contribution in [2.45, 2.75) is 12.5 Å². The molecule has 0 saturated heterocycles. The number of rotatable bonds is 6. The predicted molar refractivity (Wildman–Crippen MR) is 66.5 cm³/mol. The van der Waals surface area contributed by atoms with Crippen molar-refractivity contribution in [1.29, 1.82) is 0 Å². The second-order valence-electron chi connectivity index (χ2n) is 3.54. The van der Waals surface area contributed by atoms with Crippen molar-refractivity contribution in [3.05, 3.63) is 27.1 Å². The first-order valence-electron chi connectivity index (χ1n) is 5.20. The summed E-state index contributed by atoms with van der Waals surface area (Å²) in [5, 5.41) is 21.2. The van der Waals surface area contributed by atoms with Gasteiger partial charge in [-0.15, -0.1) is 0 Å². The maximum Gasteiger partial charge on any atom is 0.326 e. The highest BCUT2D eigenvalue weighted by molar-refractivity contribution is 7.17. The number of aliphatic carboxylic acids is 1. The van der Waals surface area contributed by atoms with Crippen LogP contribution in [-0.4, -0.2) is 41.0 Å². The standard InChI is InChI=1S/C10H10N2O7S/c1-19-8(13)4-5(10(15)16)11-9(14)6-2-3-7(20-6)12(17)18/h2-3,5H,4H2,1H3,(H,11,14)(H,15,16)/t5-/m0/s1. The summed E-state index contributed by atoms with van der Waals surface area (Å²) in [4.78, 5) is 43.4. The van der Waals surface area contributed by atoms with Gasteiger partial charge in [0.05, 0.1) is 23.3 Å². The summed E-state index contributed by atoms with van der Waals surface area (Å²) >= 11 is 0.607. The van der Waals surface area contributed by atoms with Crippen molar-refractivity contribution in [3.8, 4) is 0 Å². The fourth-order valence-corrected chi connectivity index (χ4v) is 1.95. The number of carboxylic acids is 1. The Morgan fingerprint density at radius 1 is 1.50 bits per heavy atom. The van der Waals surface area contributed by atoms with Crippen LogP contribution in [0.2, 0.25) is 0 Å². The largest absolute Gasteiger partial charge is 0.480 e. The lowest BCUT2D eigenvalue weighted by molar-refractivity contribution is -0.380. The first-order chi connectivity index (χ1) is 9.35. The van der Waals surface area contributed by atoms with Gasteiger partial charge in [-0.2, -0.15) is 0 Å². The van der Waals surface area contributed by atoms with E-state index in [2.05, 4.69) is 10.1 Å². The van der Waals surface area contributed by atoms with Gasteiger partial charge in [0.25, 0.3) is 5.91 Å². The minimum absolute atomic E-state index is 0.0205. The van der Waals surface area contributed by atoms with Crippen molar-refractivity contribution in [2.75, 3.05) is 7.11 Å². The molecule has 0 bridgehead atoms. The SMILES string of the molecule is COC(=O)C[C@H](NC(=O)c1ccc([N+](=O)[O-])s1)C(=O)O. The van der Waals surface area contributed by atoms with E-state index in [4.69, 9.17) is 5.11 Å². The number of esters is 1. The summed E-state index contributed by atoms with van der Waals surface area (Å²) in [6, 6.07) is 0.876. The molecular weight excluding hydrogens is 292 g/mol. The van der Waals surface area contributed by atoms with Crippen molar-refractivity contribution in [2.24, 2.45) is 0 Å². The monoisotopic (exact) mass is 302 g/mol. The molecule has 0 aliphatic rings. The molecule has 0 aliphatic carbocycles. The van der Waals surface area contributed by atoms with Gasteiger partial charge in [-0.05, 0) is 6.07 Å². The second-order valence-corrected chi connectivity index (χ2v) is 4.60. The highest BCUT2D eigenvalue weighted by atomic mass is 32.1. The number of amides is 1. The van der Waals surface area contributed by atoms with Crippen LogP contribution in [0.15, 0.2) is 12.1 Å². The Labute approximate surface area is 116 Å². The van der Waals surface area contributed by atoms with E-state index in [1.165, 1.54) is 6.07 Å². The summed E-state index contributed by atoms with van der Waals surface area (Å²) in [5.74, 6) is -3.01. The zero-order valence-corrected chi connectivity index (χ0v) is 11.0. The van der Waals surface area contributed by atoms with E-state index in [-0.39, 0.29) is 9.88 Å². The molecule has 1 aromatic heterocycles. The third kappa shape index (κ3) is 4.02. The topological polar surface area (TPSA) is 136 Å². The molecule has 0 unspecified atom stereocenters. The van der Waals surface area contributed by atoms with Crippen molar-refractivity contribution < 1.29 is 29.2 Å². The molecule has 0 fully saturated rings. The number of carboxylic acid groups (broad SMARTS) is 1. The zero-order valence-electron chi connectivity index (χ0n) is 10.2. The lowest BCUT2D eigenvalue weighted by Crippen LogP contribution is -2.42. The van der Waals surface area contributed by atoms with Gasteiger partial charge >= 0.3 is 16.9 Å². The fourth-order valence-electron chi connectivity index (χ4n) is 1.23. The van der Waals surface area contributed by atoms with Gasteiger partial charge in [0.2, 0.25) is 0 Å². The van der Waals surface area contributed by atoms with Crippen LogP contribution in [0.5, 0.6) is 0 Å². The van der Waals surface area contributed by atoms with E-state index < -0.39 is 35.2 Å². The molecule has 10 heteroatoms. The Hall–Kier alpha value is -2.49. The Bertz CT molecular complexity index is 554. The number of nitro groups is 1. The zero-order chi connectivity index (χ0) is 15.3. The Kier molecular flexibility index (Phi) is 5.15. The average Bonchev–Trinajstić information content (AvgIpc) is 2.87. The Balaban J connectivity index is 2.77. The first kappa shape index (κ1) is 15.6. The van der Waals surface area contributed by atoms with Crippen LogP contribution in [-0.2, 0) is 14.3 Å². The summed E-state index contributed by atoms with van der Waals surface area (Å²) in [5.41, 5.74) is 0. The number of methoxy groups -OCH3 is 1. The predicted octanol–water partition coefficient (Wildman–Crippen LogP) is 0.402. The molecule has 2 N–H and O–H groups in total. The van der Waals surface area contributed by atoms with Gasteiger partial charge in [0.1, 0.15) is 6.04 Å². The summed E-state index contributed by atoms with van der Waals surface area (Å²) in [7, 11) is 1.09. The molecule has 0 saturated carbocycles. The highest BCUT2D eigenvalue weighted by Gasteiger charge is 2.25. The molecule has 0 aliphatic heterocycles. The molecule has 1 atom stereocenters. The maximum atomic E-state index is 11.7. The number of hydrogen-bond acceptors (Lipinski definition) is 7. The van der Waals surface area contributed by atoms with Crippen LogP contribution in [0.3, 0.4) is 0 Å². The van der Waals surface area contributed by atoms with Crippen molar-refractivity contribution in [1.82, 2.24) is 5.32 Å². The number of ether oxygens (including phenoxy) is 1. The highest BCUT2D eigenvalue weighted by Crippen LogP contribution is 2.23. The number of carbonyl (C=O) groups is 3. The molecular formula is C10H10N2O7S. The van der Waals surface area contributed by atoms with Gasteiger partial charge in [-0.3, -0.25) is 19.7 Å². The molecule has 1 amide bonds. The Morgan fingerprint density at radius 2 is 2.15 bits per heavy atom. The summed E-state index contributed by atoms with van der Waals surface area (Å²) in [6.45, 7) is 0. The molecule has 0 spiro atoms. The van der Waals surface area contributed by atoms with Gasteiger partial charge in [0, 0.05) is 6.07 Å². The maximum absolute atomic E-state index is 11.7. The molecule has 0 radical (unpaired) electrons. The molecule has 1 aromatic rings. The molecule has 1 rings (SSSR count). The molecule has 20 heavy (non-hydrogen) atoms. The summed E-state index contributed by atoms with van der Waals surface area (Å²) < 4.78 is 4.31. The quantitative estimate of drug-likeness (QED) is 0.441. The molecule has 9 nitrogen and oxygen atoms in total. The molecule has 108 valence electrons. The van der Waals surface area contributed by atoms with E-state index >= 15 is 0 Å². The van der Waals surface area contributed by atoms with E-state index in [0.29, 0.717) is 11.3 Å². The minimum Gasteiger partial charge on any atom is -0.480 e. The number of nitrogens with one attached hydrogen (secondary N) is 1.